The van der Waals surface area contributed by atoms with Crippen molar-refractivity contribution in [1.29, 1.82) is 0 Å². The molecule has 0 radical (unpaired) electrons. The van der Waals surface area contributed by atoms with Crippen molar-refractivity contribution in [2.24, 2.45) is 0 Å². The average Bonchev–Trinajstić information content (AvgIpc) is 2.43. The maximum atomic E-state index is 10.2. The van der Waals surface area contributed by atoms with Gasteiger partial charge in [0.2, 0.25) is 0 Å². The fourth-order valence-electron chi connectivity index (χ4n) is 1.94. The van der Waals surface area contributed by atoms with Crippen LogP contribution in [0, 0.1) is 0 Å². The largest absolute Gasteiger partial charge is 0.478 e. The second-order valence-electron chi connectivity index (χ2n) is 5.08. The van der Waals surface area contributed by atoms with Crippen molar-refractivity contribution in [1.82, 2.24) is 0 Å². The van der Waals surface area contributed by atoms with Crippen molar-refractivity contribution < 1.29 is 9.90 Å². The number of carboxylic acid groups (broad SMARTS) is 1. The summed E-state index contributed by atoms with van der Waals surface area (Å²) in [5.41, 5.74) is 0. The van der Waals surface area contributed by atoms with Crippen LogP contribution >= 0.6 is 0 Å². The van der Waals surface area contributed by atoms with Gasteiger partial charge in [-0.15, -0.1) is 0 Å². The monoisotopic (exact) mass is 278 g/mol. The highest BCUT2D eigenvalue weighted by Crippen LogP contribution is 2.07. The Morgan fingerprint density at radius 3 is 1.90 bits per heavy atom. The molecule has 0 heterocycles. The number of hydrogen-bond donors (Lipinski definition) is 1. The molecule has 0 fully saturated rings. The molecule has 0 aliphatic carbocycles. The molecule has 0 aromatic heterocycles. The molecule has 0 bridgehead atoms. The maximum Gasteiger partial charge on any atom is 0.328 e. The van der Waals surface area contributed by atoms with Crippen molar-refractivity contribution in [2.75, 3.05) is 0 Å². The molecule has 1 N–H and O–H groups in total. The van der Waals surface area contributed by atoms with Gasteiger partial charge in [-0.25, -0.2) is 4.79 Å². The number of carboxylic acids is 1. The van der Waals surface area contributed by atoms with E-state index in [0.29, 0.717) is 0 Å². The summed E-state index contributed by atoms with van der Waals surface area (Å²) in [4.78, 5) is 10.2. The molecule has 0 rings (SSSR count). The van der Waals surface area contributed by atoms with E-state index in [1.807, 2.05) is 12.2 Å². The second kappa shape index (κ2) is 15.7. The van der Waals surface area contributed by atoms with Crippen LogP contribution in [-0.2, 0) is 4.79 Å². The Bertz CT molecular complexity index is 301. The van der Waals surface area contributed by atoms with Gasteiger partial charge in [0.15, 0.2) is 0 Å². The van der Waals surface area contributed by atoms with E-state index in [1.165, 1.54) is 57.8 Å². The summed E-state index contributed by atoms with van der Waals surface area (Å²) in [6.07, 6.45) is 23.7. The van der Waals surface area contributed by atoms with Crippen molar-refractivity contribution in [3.05, 3.63) is 36.5 Å². The zero-order valence-corrected chi connectivity index (χ0v) is 12.9. The molecular weight excluding hydrogens is 248 g/mol. The number of carbonyl (C=O) groups is 1. The van der Waals surface area contributed by atoms with E-state index in [9.17, 15) is 4.79 Å². The van der Waals surface area contributed by atoms with Crippen LogP contribution in [0.2, 0.25) is 0 Å². The molecule has 0 atom stereocenters. The van der Waals surface area contributed by atoms with Crippen LogP contribution in [0.5, 0.6) is 0 Å². The molecule has 20 heavy (non-hydrogen) atoms. The van der Waals surface area contributed by atoms with E-state index in [0.717, 1.165) is 12.5 Å². The van der Waals surface area contributed by atoms with Gasteiger partial charge in [-0.1, -0.05) is 63.0 Å². The van der Waals surface area contributed by atoms with E-state index in [1.54, 1.807) is 6.08 Å². The smallest absolute Gasteiger partial charge is 0.328 e. The van der Waals surface area contributed by atoms with Crippen LogP contribution in [0.15, 0.2) is 36.5 Å². The first-order valence-corrected chi connectivity index (χ1v) is 7.98. The minimum absolute atomic E-state index is 0.891. The van der Waals surface area contributed by atoms with E-state index in [4.69, 9.17) is 5.11 Å². The van der Waals surface area contributed by atoms with Crippen molar-refractivity contribution in [3.8, 4) is 0 Å². The highest BCUT2D eigenvalue weighted by atomic mass is 16.4. The van der Waals surface area contributed by atoms with Crippen LogP contribution in [-0.4, -0.2) is 11.1 Å². The Kier molecular flexibility index (Phi) is 14.7. The topological polar surface area (TPSA) is 37.3 Å². The zero-order valence-electron chi connectivity index (χ0n) is 12.9. The van der Waals surface area contributed by atoms with Crippen LogP contribution in [0.25, 0.3) is 0 Å². The summed E-state index contributed by atoms with van der Waals surface area (Å²) in [7, 11) is 0. The molecule has 2 nitrogen and oxygen atoms in total. The third kappa shape index (κ3) is 16.7. The minimum Gasteiger partial charge on any atom is -0.478 e. The normalized spacial score (nSPS) is 12.1. The Morgan fingerprint density at radius 1 is 0.800 bits per heavy atom. The number of allylic oxidation sites excluding steroid dienone is 5. The lowest BCUT2D eigenvalue weighted by Gasteiger charge is -1.97. The van der Waals surface area contributed by atoms with Crippen LogP contribution < -0.4 is 0 Å². The Morgan fingerprint density at radius 2 is 1.35 bits per heavy atom. The highest BCUT2D eigenvalue weighted by molar-refractivity contribution is 5.80. The summed E-state index contributed by atoms with van der Waals surface area (Å²) in [6.45, 7) is 2.24. The molecule has 0 aromatic carbocycles. The maximum absolute atomic E-state index is 10.2. The quantitative estimate of drug-likeness (QED) is 0.204. The lowest BCUT2D eigenvalue weighted by Crippen LogP contribution is -1.84. The Labute approximate surface area is 124 Å². The average molecular weight is 278 g/mol. The fourth-order valence-corrected chi connectivity index (χ4v) is 1.94. The summed E-state index contributed by atoms with van der Waals surface area (Å²) < 4.78 is 0. The van der Waals surface area contributed by atoms with Gasteiger partial charge in [0.25, 0.3) is 0 Å². The lowest BCUT2D eigenvalue weighted by atomic mass is 10.1. The number of hydrogen-bond acceptors (Lipinski definition) is 1. The SMILES string of the molecule is CCCCCC=CCCCCCC/C=C\C=CC(=O)O. The van der Waals surface area contributed by atoms with Gasteiger partial charge >= 0.3 is 5.97 Å². The predicted octanol–water partition coefficient (Wildman–Crippen LogP) is 5.66. The molecule has 0 aliphatic rings. The molecule has 2 heteroatoms. The van der Waals surface area contributed by atoms with Gasteiger partial charge < -0.3 is 5.11 Å². The van der Waals surface area contributed by atoms with Crippen LogP contribution in [0.3, 0.4) is 0 Å². The van der Waals surface area contributed by atoms with Gasteiger partial charge in [0.1, 0.15) is 0 Å². The lowest BCUT2D eigenvalue weighted by molar-refractivity contribution is -0.131. The number of aliphatic carboxylic acids is 1. The van der Waals surface area contributed by atoms with Gasteiger partial charge in [-0.3, -0.25) is 0 Å². The molecular formula is C18H30O2. The molecule has 0 saturated carbocycles. The third-order valence-electron chi connectivity index (χ3n) is 3.12. The molecule has 0 aliphatic heterocycles. The molecule has 0 amide bonds. The van der Waals surface area contributed by atoms with Gasteiger partial charge in [-0.05, 0) is 38.5 Å². The summed E-state index contributed by atoms with van der Waals surface area (Å²) in [5.74, 6) is -0.891. The number of unbranched alkanes of at least 4 members (excludes halogenated alkanes) is 8. The molecule has 114 valence electrons. The first-order valence-electron chi connectivity index (χ1n) is 7.98. The third-order valence-corrected chi connectivity index (χ3v) is 3.12. The minimum atomic E-state index is -0.891. The van der Waals surface area contributed by atoms with Gasteiger partial charge in [-0.2, -0.15) is 0 Å². The van der Waals surface area contributed by atoms with E-state index in [-0.39, 0.29) is 0 Å². The van der Waals surface area contributed by atoms with Gasteiger partial charge in [0, 0.05) is 6.08 Å². The van der Waals surface area contributed by atoms with Crippen molar-refractivity contribution in [3.63, 3.8) is 0 Å². The summed E-state index contributed by atoms with van der Waals surface area (Å²) in [6, 6.07) is 0. The summed E-state index contributed by atoms with van der Waals surface area (Å²) >= 11 is 0. The molecule has 0 spiro atoms. The standard InChI is InChI=1S/C18H30O2/c1-2-3-4-5-6-7-8-9-10-11-12-13-14-15-16-17-18(19)20/h6-7,14-17H,2-5,8-13H2,1H3,(H,19,20)/b7-6?,15-14-,17-16?. The van der Waals surface area contributed by atoms with E-state index >= 15 is 0 Å². The Balaban J connectivity index is 3.22. The Hall–Kier alpha value is -1.31. The zero-order chi connectivity index (χ0) is 14.9. The van der Waals surface area contributed by atoms with Crippen LogP contribution in [0.4, 0.5) is 0 Å². The highest BCUT2D eigenvalue weighted by Gasteiger charge is 1.88. The summed E-state index contributed by atoms with van der Waals surface area (Å²) in [5, 5.41) is 8.39. The number of rotatable bonds is 13. The second-order valence-corrected chi connectivity index (χ2v) is 5.08. The first-order chi connectivity index (χ1) is 9.77. The molecule has 0 saturated heterocycles. The fraction of sp³-hybridized carbons (Fsp3) is 0.611. The van der Waals surface area contributed by atoms with E-state index in [2.05, 4.69) is 19.1 Å². The molecule has 0 aromatic rings. The van der Waals surface area contributed by atoms with Crippen molar-refractivity contribution in [2.45, 2.75) is 71.1 Å². The van der Waals surface area contributed by atoms with E-state index < -0.39 is 5.97 Å². The predicted molar refractivity (Wildman–Crippen MR) is 86.9 cm³/mol. The molecule has 0 unspecified atom stereocenters. The van der Waals surface area contributed by atoms with Crippen molar-refractivity contribution >= 4 is 5.97 Å². The van der Waals surface area contributed by atoms with Gasteiger partial charge in [0.05, 0.1) is 0 Å². The first kappa shape index (κ1) is 18.7. The van der Waals surface area contributed by atoms with Crippen LogP contribution in [0.1, 0.15) is 71.1 Å².